The summed E-state index contributed by atoms with van der Waals surface area (Å²) in [4.78, 5) is 12.1. The summed E-state index contributed by atoms with van der Waals surface area (Å²) >= 11 is 0. The lowest BCUT2D eigenvalue weighted by Crippen LogP contribution is -1.96. The molecule has 0 atom stereocenters. The Kier molecular flexibility index (Phi) is 7.28. The monoisotopic (exact) mass is 512 g/mol. The summed E-state index contributed by atoms with van der Waals surface area (Å²) in [5.74, 6) is 0. The van der Waals surface area contributed by atoms with Gasteiger partial charge in [0.2, 0.25) is 0 Å². The third-order valence-electron chi connectivity index (χ3n) is 7.23. The van der Waals surface area contributed by atoms with E-state index in [1.165, 1.54) is 11.1 Å². The van der Waals surface area contributed by atoms with E-state index >= 15 is 0 Å². The van der Waals surface area contributed by atoms with Gasteiger partial charge in [-0.1, -0.05) is 146 Å². The van der Waals surface area contributed by atoms with Gasteiger partial charge in [0.1, 0.15) is 6.29 Å². The average Bonchev–Trinajstić information content (AvgIpc) is 3.05. The van der Waals surface area contributed by atoms with Gasteiger partial charge in [0.25, 0.3) is 0 Å². The molecular formula is C39H28O. The van der Waals surface area contributed by atoms with E-state index in [2.05, 4.69) is 133 Å². The fraction of sp³-hybridized carbons (Fsp3) is 0. The van der Waals surface area contributed by atoms with Crippen LogP contribution in [0, 0.1) is 0 Å². The van der Waals surface area contributed by atoms with Crippen LogP contribution >= 0.6 is 0 Å². The molecule has 1 heteroatoms. The van der Waals surface area contributed by atoms with Crippen molar-refractivity contribution in [1.29, 1.82) is 0 Å². The maximum Gasteiger partial charge on any atom is 0.143 e. The quantitative estimate of drug-likeness (QED) is 0.154. The number of aldehydes is 1. The Labute approximate surface area is 235 Å². The second kappa shape index (κ2) is 11.6. The van der Waals surface area contributed by atoms with Crippen molar-refractivity contribution < 1.29 is 4.79 Å². The van der Waals surface area contributed by atoms with Crippen molar-refractivity contribution in [2.75, 3.05) is 0 Å². The number of carbonyl (C=O) groups is 1. The number of benzene rings is 6. The number of hydrogen-bond donors (Lipinski definition) is 0. The Morgan fingerprint density at radius 2 is 0.750 bits per heavy atom. The lowest BCUT2D eigenvalue weighted by Gasteiger charge is -2.18. The van der Waals surface area contributed by atoms with Crippen molar-refractivity contribution >= 4 is 11.9 Å². The molecule has 190 valence electrons. The normalized spacial score (nSPS) is 10.6. The maximum atomic E-state index is 12.1. The molecule has 0 saturated carbocycles. The van der Waals surface area contributed by atoms with Crippen molar-refractivity contribution in [1.82, 2.24) is 0 Å². The number of carbonyl (C=O) groups excluding carboxylic acids is 1. The van der Waals surface area contributed by atoms with E-state index in [1.807, 2.05) is 24.3 Å². The van der Waals surface area contributed by atoms with E-state index in [-0.39, 0.29) is 0 Å². The molecule has 0 bridgehead atoms. The van der Waals surface area contributed by atoms with Crippen LogP contribution in [0.5, 0.6) is 0 Å². The van der Waals surface area contributed by atoms with Gasteiger partial charge in [-0.2, -0.15) is 0 Å². The molecule has 1 nitrogen and oxygen atoms in total. The summed E-state index contributed by atoms with van der Waals surface area (Å²) in [6.07, 6.45) is 2.59. The molecule has 6 aromatic rings. The molecule has 0 saturated heterocycles. The Morgan fingerprint density at radius 3 is 1.20 bits per heavy atom. The van der Waals surface area contributed by atoms with Crippen LogP contribution in [0.3, 0.4) is 0 Å². The molecular weight excluding hydrogens is 484 g/mol. The minimum absolute atomic E-state index is 0.893. The lowest BCUT2D eigenvalue weighted by molar-refractivity contribution is -0.104. The first-order chi connectivity index (χ1) is 19.8. The largest absolute Gasteiger partial charge is 0.299 e. The van der Waals surface area contributed by atoms with Crippen LogP contribution in [0.25, 0.3) is 50.1 Å². The molecule has 6 rings (SSSR count). The average molecular weight is 513 g/mol. The van der Waals surface area contributed by atoms with E-state index in [0.717, 1.165) is 56.4 Å². The highest BCUT2D eigenvalue weighted by Crippen LogP contribution is 2.38. The van der Waals surface area contributed by atoms with Crippen molar-refractivity contribution in [3.05, 3.63) is 175 Å². The summed E-state index contributed by atoms with van der Waals surface area (Å²) in [5, 5.41) is 0. The van der Waals surface area contributed by atoms with Gasteiger partial charge in [-0.25, -0.2) is 0 Å². The standard InChI is InChI=1S/C39H28O/c40-26-25-39(37-23-9-7-21-35(37)33-19-11-17-31(27-33)29-13-3-1-4-14-29)38-24-10-8-22-36(38)34-20-12-18-32(28-34)30-15-5-2-6-16-30/h1-28H. The van der Waals surface area contributed by atoms with Crippen molar-refractivity contribution in [3.63, 3.8) is 0 Å². The highest BCUT2D eigenvalue weighted by molar-refractivity contribution is 5.99. The molecule has 0 aliphatic heterocycles. The highest BCUT2D eigenvalue weighted by Gasteiger charge is 2.16. The fourth-order valence-corrected chi connectivity index (χ4v) is 5.33. The predicted octanol–water partition coefficient (Wildman–Crippen LogP) is 9.99. The molecule has 0 amide bonds. The SMILES string of the molecule is O=CC=C(c1ccccc1-c1cccc(-c2ccccc2)c1)c1ccccc1-c1cccc(-c2ccccc2)c1. The molecule has 0 radical (unpaired) electrons. The maximum absolute atomic E-state index is 12.1. The van der Waals surface area contributed by atoms with Crippen LogP contribution in [0.2, 0.25) is 0 Å². The van der Waals surface area contributed by atoms with Gasteiger partial charge < -0.3 is 0 Å². The van der Waals surface area contributed by atoms with E-state index < -0.39 is 0 Å². The first-order valence-electron chi connectivity index (χ1n) is 13.5. The molecule has 0 spiro atoms. The van der Waals surface area contributed by atoms with Gasteiger partial charge in [0.05, 0.1) is 0 Å². The second-order valence-corrected chi connectivity index (χ2v) is 9.70. The van der Waals surface area contributed by atoms with E-state index in [4.69, 9.17) is 0 Å². The van der Waals surface area contributed by atoms with Crippen LogP contribution in [-0.4, -0.2) is 6.29 Å². The molecule has 0 aliphatic carbocycles. The molecule has 0 heterocycles. The molecule has 0 aliphatic rings. The number of allylic oxidation sites excluding steroid dienone is 1. The zero-order valence-electron chi connectivity index (χ0n) is 22.1. The highest BCUT2D eigenvalue weighted by atomic mass is 16.1. The Hall–Kier alpha value is -5.27. The zero-order valence-corrected chi connectivity index (χ0v) is 22.1. The van der Waals surface area contributed by atoms with Gasteiger partial charge in [0.15, 0.2) is 0 Å². The van der Waals surface area contributed by atoms with Crippen LogP contribution in [0.15, 0.2) is 164 Å². The Morgan fingerprint density at radius 1 is 0.375 bits per heavy atom. The third-order valence-corrected chi connectivity index (χ3v) is 7.23. The lowest BCUT2D eigenvalue weighted by atomic mass is 9.86. The van der Waals surface area contributed by atoms with Gasteiger partial charge in [0, 0.05) is 0 Å². The van der Waals surface area contributed by atoms with Crippen LogP contribution in [0.1, 0.15) is 11.1 Å². The van der Waals surface area contributed by atoms with Gasteiger partial charge in [-0.3, -0.25) is 4.79 Å². The van der Waals surface area contributed by atoms with Crippen LogP contribution < -0.4 is 0 Å². The summed E-state index contributed by atoms with van der Waals surface area (Å²) in [7, 11) is 0. The molecule has 40 heavy (non-hydrogen) atoms. The van der Waals surface area contributed by atoms with Crippen LogP contribution in [-0.2, 0) is 4.79 Å². The Bertz CT molecular complexity index is 1670. The first kappa shape index (κ1) is 25.0. The number of rotatable bonds is 7. The molecule has 0 fully saturated rings. The van der Waals surface area contributed by atoms with Gasteiger partial charge >= 0.3 is 0 Å². The molecule has 0 aromatic heterocycles. The predicted molar refractivity (Wildman–Crippen MR) is 168 cm³/mol. The first-order valence-corrected chi connectivity index (χ1v) is 13.5. The number of hydrogen-bond acceptors (Lipinski definition) is 1. The van der Waals surface area contributed by atoms with E-state index in [1.54, 1.807) is 6.08 Å². The van der Waals surface area contributed by atoms with Crippen molar-refractivity contribution in [2.24, 2.45) is 0 Å². The van der Waals surface area contributed by atoms with Crippen molar-refractivity contribution in [2.45, 2.75) is 0 Å². The summed E-state index contributed by atoms with van der Waals surface area (Å²) < 4.78 is 0. The summed E-state index contributed by atoms with van der Waals surface area (Å²) in [6.45, 7) is 0. The van der Waals surface area contributed by atoms with E-state index in [9.17, 15) is 4.79 Å². The molecule has 0 unspecified atom stereocenters. The minimum Gasteiger partial charge on any atom is -0.299 e. The zero-order chi connectivity index (χ0) is 27.1. The Balaban J connectivity index is 1.48. The van der Waals surface area contributed by atoms with Gasteiger partial charge in [-0.15, -0.1) is 0 Å². The third kappa shape index (κ3) is 5.18. The van der Waals surface area contributed by atoms with Crippen molar-refractivity contribution in [3.8, 4) is 44.5 Å². The summed E-state index contributed by atoms with van der Waals surface area (Å²) in [6, 6.07) is 54.7. The molecule has 6 aromatic carbocycles. The van der Waals surface area contributed by atoms with Crippen LogP contribution in [0.4, 0.5) is 0 Å². The smallest absolute Gasteiger partial charge is 0.143 e. The fourth-order valence-electron chi connectivity index (χ4n) is 5.33. The topological polar surface area (TPSA) is 17.1 Å². The summed E-state index contributed by atoms with van der Waals surface area (Å²) in [5.41, 5.74) is 12.0. The van der Waals surface area contributed by atoms with E-state index in [0.29, 0.717) is 0 Å². The van der Waals surface area contributed by atoms with Gasteiger partial charge in [-0.05, 0) is 79.4 Å². The second-order valence-electron chi connectivity index (χ2n) is 9.70. The minimum atomic E-state index is 0.893. The molecule has 0 N–H and O–H groups in total.